The highest BCUT2D eigenvalue weighted by Gasteiger charge is 2.42. The normalized spacial score (nSPS) is 23.2. The molecule has 8 heteroatoms. The highest BCUT2D eigenvalue weighted by Crippen LogP contribution is 2.32. The first kappa shape index (κ1) is 14.0. The Balaban J connectivity index is 1.79. The average Bonchev–Trinajstić information content (AvgIpc) is 3.08. The van der Waals surface area contributed by atoms with E-state index in [2.05, 4.69) is 9.97 Å². The number of hydrogen-bond acceptors (Lipinski definition) is 6. The SMILES string of the molecule is COc1nc(C)nc2cc(=O)n([C@@H]3C[C@H]4COC(=O)N4C3)cc12. The van der Waals surface area contributed by atoms with Crippen LogP contribution in [0.15, 0.2) is 17.1 Å². The molecule has 2 aromatic rings. The molecule has 4 rings (SSSR count). The predicted octanol–water partition coefficient (Wildman–Crippen LogP) is 0.874. The fourth-order valence-electron chi connectivity index (χ4n) is 3.37. The number of carbonyl (C=O) groups excluding carboxylic acids is 1. The van der Waals surface area contributed by atoms with Crippen molar-refractivity contribution in [2.45, 2.75) is 25.4 Å². The van der Waals surface area contributed by atoms with Crippen molar-refractivity contribution >= 4 is 17.0 Å². The summed E-state index contributed by atoms with van der Waals surface area (Å²) in [6.45, 7) is 2.62. The number of carbonyl (C=O) groups is 1. The quantitative estimate of drug-likeness (QED) is 0.817. The van der Waals surface area contributed by atoms with Gasteiger partial charge in [-0.15, -0.1) is 0 Å². The van der Waals surface area contributed by atoms with Crippen LogP contribution >= 0.6 is 0 Å². The van der Waals surface area contributed by atoms with E-state index in [1.165, 1.54) is 6.07 Å². The number of cyclic esters (lactones) is 1. The van der Waals surface area contributed by atoms with Crippen molar-refractivity contribution in [3.8, 4) is 5.88 Å². The minimum atomic E-state index is -0.303. The summed E-state index contributed by atoms with van der Waals surface area (Å²) in [4.78, 5) is 34.3. The van der Waals surface area contributed by atoms with Gasteiger partial charge >= 0.3 is 6.09 Å². The number of aryl methyl sites for hydroxylation is 1. The lowest BCUT2D eigenvalue weighted by molar-refractivity contribution is 0.156. The van der Waals surface area contributed by atoms with Crippen molar-refractivity contribution in [2.75, 3.05) is 20.3 Å². The molecule has 0 aromatic carbocycles. The summed E-state index contributed by atoms with van der Waals surface area (Å²) >= 11 is 0. The average molecular weight is 316 g/mol. The smallest absolute Gasteiger partial charge is 0.410 e. The van der Waals surface area contributed by atoms with E-state index in [1.807, 2.05) is 0 Å². The number of hydrogen-bond donors (Lipinski definition) is 0. The van der Waals surface area contributed by atoms with E-state index in [1.54, 1.807) is 29.7 Å². The van der Waals surface area contributed by atoms with Gasteiger partial charge in [0.25, 0.3) is 5.56 Å². The second-order valence-electron chi connectivity index (χ2n) is 5.87. The van der Waals surface area contributed by atoms with Crippen LogP contribution in [0.5, 0.6) is 5.88 Å². The molecule has 0 unspecified atom stereocenters. The summed E-state index contributed by atoms with van der Waals surface area (Å²) in [5, 5.41) is 0.687. The number of ether oxygens (including phenoxy) is 2. The molecule has 2 aliphatic rings. The van der Waals surface area contributed by atoms with Gasteiger partial charge in [-0.05, 0) is 13.3 Å². The largest absolute Gasteiger partial charge is 0.480 e. The first-order valence-corrected chi connectivity index (χ1v) is 7.44. The van der Waals surface area contributed by atoms with Crippen molar-refractivity contribution in [2.24, 2.45) is 0 Å². The van der Waals surface area contributed by atoms with Crippen molar-refractivity contribution in [1.29, 1.82) is 0 Å². The van der Waals surface area contributed by atoms with Gasteiger partial charge in [0.15, 0.2) is 0 Å². The first-order chi connectivity index (χ1) is 11.1. The van der Waals surface area contributed by atoms with Crippen LogP contribution in [0.2, 0.25) is 0 Å². The molecule has 0 spiro atoms. The zero-order chi connectivity index (χ0) is 16.1. The van der Waals surface area contributed by atoms with Gasteiger partial charge in [-0.3, -0.25) is 9.69 Å². The molecule has 0 saturated carbocycles. The van der Waals surface area contributed by atoms with Crippen LogP contribution in [0.1, 0.15) is 18.3 Å². The van der Waals surface area contributed by atoms with Crippen molar-refractivity contribution in [3.63, 3.8) is 0 Å². The van der Waals surface area contributed by atoms with Gasteiger partial charge in [-0.25, -0.2) is 9.78 Å². The van der Waals surface area contributed by atoms with Gasteiger partial charge < -0.3 is 14.0 Å². The molecular formula is C15H16N4O4. The van der Waals surface area contributed by atoms with E-state index >= 15 is 0 Å². The summed E-state index contributed by atoms with van der Waals surface area (Å²) in [6, 6.07) is 1.47. The van der Waals surface area contributed by atoms with Gasteiger partial charge in [0.05, 0.1) is 30.1 Å². The monoisotopic (exact) mass is 316 g/mol. The van der Waals surface area contributed by atoms with Crippen LogP contribution in [0.3, 0.4) is 0 Å². The third kappa shape index (κ3) is 2.13. The van der Waals surface area contributed by atoms with Crippen molar-refractivity contribution < 1.29 is 14.3 Å². The Morgan fingerprint density at radius 1 is 1.30 bits per heavy atom. The van der Waals surface area contributed by atoms with Crippen LogP contribution in [-0.2, 0) is 4.74 Å². The van der Waals surface area contributed by atoms with Gasteiger partial charge in [0.1, 0.15) is 12.4 Å². The molecule has 4 heterocycles. The molecule has 8 nitrogen and oxygen atoms in total. The maximum atomic E-state index is 12.5. The first-order valence-electron chi connectivity index (χ1n) is 7.44. The zero-order valence-corrected chi connectivity index (χ0v) is 12.9. The number of rotatable bonds is 2. The maximum Gasteiger partial charge on any atom is 0.410 e. The van der Waals surface area contributed by atoms with Gasteiger partial charge in [0.2, 0.25) is 5.88 Å². The maximum absolute atomic E-state index is 12.5. The van der Waals surface area contributed by atoms with Crippen molar-refractivity contribution in [1.82, 2.24) is 19.4 Å². The third-order valence-electron chi connectivity index (χ3n) is 4.45. The summed E-state index contributed by atoms with van der Waals surface area (Å²) < 4.78 is 12.0. The number of pyridine rings is 1. The van der Waals surface area contributed by atoms with E-state index < -0.39 is 0 Å². The molecule has 2 fully saturated rings. The number of nitrogens with zero attached hydrogens (tertiary/aromatic N) is 4. The summed E-state index contributed by atoms with van der Waals surface area (Å²) in [7, 11) is 1.54. The molecule has 0 aliphatic carbocycles. The lowest BCUT2D eigenvalue weighted by Gasteiger charge is -2.16. The fourth-order valence-corrected chi connectivity index (χ4v) is 3.37. The van der Waals surface area contributed by atoms with Gasteiger partial charge in [-0.2, -0.15) is 4.98 Å². The lowest BCUT2D eigenvalue weighted by Crippen LogP contribution is -2.29. The Kier molecular flexibility index (Phi) is 3.00. The van der Waals surface area contributed by atoms with Gasteiger partial charge in [0, 0.05) is 18.8 Å². The van der Waals surface area contributed by atoms with Crippen LogP contribution in [0.4, 0.5) is 4.79 Å². The summed E-state index contributed by atoms with van der Waals surface area (Å²) in [5.74, 6) is 0.995. The summed E-state index contributed by atoms with van der Waals surface area (Å²) in [5.41, 5.74) is 0.422. The van der Waals surface area contributed by atoms with E-state index in [9.17, 15) is 9.59 Å². The van der Waals surface area contributed by atoms with E-state index in [4.69, 9.17) is 9.47 Å². The molecule has 120 valence electrons. The minimum absolute atomic E-state index is 0.0475. The Bertz CT molecular complexity index is 862. The van der Waals surface area contributed by atoms with Crippen LogP contribution < -0.4 is 10.3 Å². The van der Waals surface area contributed by atoms with E-state index in [0.29, 0.717) is 42.2 Å². The Labute approximate surface area is 131 Å². The molecule has 23 heavy (non-hydrogen) atoms. The molecule has 2 aliphatic heterocycles. The second-order valence-corrected chi connectivity index (χ2v) is 5.87. The van der Waals surface area contributed by atoms with E-state index in [-0.39, 0.29) is 23.7 Å². The number of fused-ring (bicyclic) bond motifs is 2. The molecule has 1 amide bonds. The standard InChI is InChI=1S/C15H16N4O4/c1-8-16-12-4-13(20)18(6-11(12)14(17-8)22-2)9-3-10-7-23-15(21)19(10)5-9/h4,6,9-10H,3,5,7H2,1-2H3/t9-,10+/m1/s1. The zero-order valence-electron chi connectivity index (χ0n) is 12.9. The van der Waals surface area contributed by atoms with Crippen LogP contribution in [0, 0.1) is 6.92 Å². The highest BCUT2D eigenvalue weighted by molar-refractivity contribution is 5.82. The van der Waals surface area contributed by atoms with Crippen LogP contribution in [0.25, 0.3) is 10.9 Å². The predicted molar refractivity (Wildman–Crippen MR) is 80.6 cm³/mol. The molecule has 0 bridgehead atoms. The van der Waals surface area contributed by atoms with Crippen LogP contribution in [-0.4, -0.2) is 51.8 Å². The van der Waals surface area contributed by atoms with Crippen molar-refractivity contribution in [3.05, 3.63) is 28.4 Å². The molecule has 2 aromatic heterocycles. The molecule has 0 N–H and O–H groups in total. The number of methoxy groups -OCH3 is 1. The molecule has 2 atom stereocenters. The third-order valence-corrected chi connectivity index (χ3v) is 4.45. The second kappa shape index (κ2) is 4.94. The fraction of sp³-hybridized carbons (Fsp3) is 0.467. The molecule has 2 saturated heterocycles. The summed E-state index contributed by atoms with van der Waals surface area (Å²) in [6.07, 6.45) is 2.13. The minimum Gasteiger partial charge on any atom is -0.480 e. The van der Waals surface area contributed by atoms with Gasteiger partial charge in [-0.1, -0.05) is 0 Å². The Morgan fingerprint density at radius 2 is 2.13 bits per heavy atom. The number of aromatic nitrogens is 3. The lowest BCUT2D eigenvalue weighted by atomic mass is 10.1. The Hall–Kier alpha value is -2.64. The van der Waals surface area contributed by atoms with E-state index in [0.717, 1.165) is 0 Å². The highest BCUT2D eigenvalue weighted by atomic mass is 16.6. The Morgan fingerprint density at radius 3 is 2.87 bits per heavy atom. The number of amides is 1. The molecular weight excluding hydrogens is 300 g/mol. The topological polar surface area (TPSA) is 86.5 Å². The molecule has 0 radical (unpaired) electrons.